The Hall–Kier alpha value is -1.69. The molecular weight excluding hydrogens is 308 g/mol. The average molecular weight is 332 g/mol. The van der Waals surface area contributed by atoms with Gasteiger partial charge in [-0.3, -0.25) is 0 Å². The van der Waals surface area contributed by atoms with Gasteiger partial charge in [-0.25, -0.2) is 12.7 Å². The van der Waals surface area contributed by atoms with E-state index in [0.29, 0.717) is 11.4 Å². The highest BCUT2D eigenvalue weighted by atomic mass is 32.2. The van der Waals surface area contributed by atoms with E-state index in [0.717, 1.165) is 12.1 Å². The molecule has 23 heavy (non-hydrogen) atoms. The number of sulfonamides is 1. The van der Waals surface area contributed by atoms with E-state index < -0.39 is 10.0 Å². The molecule has 0 radical (unpaired) electrons. The lowest BCUT2D eigenvalue weighted by atomic mass is 10.1. The first kappa shape index (κ1) is 17.7. The largest absolute Gasteiger partial charge is 0.309 e. The SMILES string of the molecule is Cc1cc(C)cc(CNCc2ccc(S(=O)(=O)N(C)C)cc2)c1. The summed E-state index contributed by atoms with van der Waals surface area (Å²) in [4.78, 5) is 0.320. The molecule has 0 heterocycles. The minimum Gasteiger partial charge on any atom is -0.309 e. The van der Waals surface area contributed by atoms with Crippen molar-refractivity contribution in [3.05, 3.63) is 64.7 Å². The summed E-state index contributed by atoms with van der Waals surface area (Å²) in [6.45, 7) is 5.69. The van der Waals surface area contributed by atoms with Crippen LogP contribution < -0.4 is 5.32 Å². The molecule has 0 aromatic heterocycles. The van der Waals surface area contributed by atoms with Crippen LogP contribution in [-0.2, 0) is 23.1 Å². The molecule has 2 aromatic rings. The Balaban J connectivity index is 1.97. The normalized spacial score (nSPS) is 11.9. The highest BCUT2D eigenvalue weighted by molar-refractivity contribution is 7.89. The standard InChI is InChI=1S/C18H24N2O2S/c1-14-9-15(2)11-17(10-14)13-19-12-16-5-7-18(8-6-16)23(21,22)20(3)4/h5-11,19H,12-13H2,1-4H3. The van der Waals surface area contributed by atoms with Crippen LogP contribution in [0.2, 0.25) is 0 Å². The van der Waals surface area contributed by atoms with Crippen LogP contribution in [0.15, 0.2) is 47.4 Å². The number of benzene rings is 2. The van der Waals surface area contributed by atoms with Crippen LogP contribution >= 0.6 is 0 Å². The van der Waals surface area contributed by atoms with Gasteiger partial charge in [-0.1, -0.05) is 41.5 Å². The minimum absolute atomic E-state index is 0.320. The van der Waals surface area contributed by atoms with E-state index in [1.807, 2.05) is 12.1 Å². The van der Waals surface area contributed by atoms with Crippen LogP contribution in [0, 0.1) is 13.8 Å². The van der Waals surface area contributed by atoms with E-state index >= 15 is 0 Å². The lowest BCUT2D eigenvalue weighted by Crippen LogP contribution is -2.22. The summed E-state index contributed by atoms with van der Waals surface area (Å²) in [5, 5.41) is 3.39. The molecule has 0 bridgehead atoms. The van der Waals surface area contributed by atoms with Gasteiger partial charge in [0.15, 0.2) is 0 Å². The molecule has 2 rings (SSSR count). The third-order valence-electron chi connectivity index (χ3n) is 3.64. The predicted octanol–water partition coefficient (Wildman–Crippen LogP) is 2.84. The first-order valence-electron chi connectivity index (χ1n) is 7.58. The number of aryl methyl sites for hydroxylation is 2. The number of hydrogen-bond acceptors (Lipinski definition) is 3. The van der Waals surface area contributed by atoms with Gasteiger partial charge >= 0.3 is 0 Å². The molecule has 0 unspecified atom stereocenters. The molecular formula is C18H24N2O2S. The molecule has 0 aliphatic heterocycles. The van der Waals surface area contributed by atoms with Gasteiger partial charge in [-0.2, -0.15) is 0 Å². The van der Waals surface area contributed by atoms with Crippen molar-refractivity contribution >= 4 is 10.0 Å². The van der Waals surface area contributed by atoms with Crippen molar-refractivity contribution in [3.63, 3.8) is 0 Å². The summed E-state index contributed by atoms with van der Waals surface area (Å²) in [6, 6.07) is 13.5. The van der Waals surface area contributed by atoms with Gasteiger partial charge in [0.05, 0.1) is 4.90 Å². The highest BCUT2D eigenvalue weighted by Gasteiger charge is 2.16. The summed E-state index contributed by atoms with van der Waals surface area (Å²) in [5.74, 6) is 0. The third kappa shape index (κ3) is 4.64. The molecule has 0 fully saturated rings. The molecule has 0 saturated carbocycles. The van der Waals surface area contributed by atoms with Gasteiger partial charge < -0.3 is 5.32 Å². The molecule has 0 amide bonds. The zero-order chi connectivity index (χ0) is 17.0. The first-order valence-corrected chi connectivity index (χ1v) is 9.02. The van der Waals surface area contributed by atoms with Crippen LogP contribution in [0.1, 0.15) is 22.3 Å². The van der Waals surface area contributed by atoms with Gasteiger partial charge in [-0.15, -0.1) is 0 Å². The third-order valence-corrected chi connectivity index (χ3v) is 5.47. The fourth-order valence-corrected chi connectivity index (χ4v) is 3.41. The maximum Gasteiger partial charge on any atom is 0.242 e. The first-order chi connectivity index (χ1) is 10.8. The lowest BCUT2D eigenvalue weighted by Gasteiger charge is -2.12. The van der Waals surface area contributed by atoms with E-state index in [1.54, 1.807) is 12.1 Å². The van der Waals surface area contributed by atoms with Crippen molar-refractivity contribution in [3.8, 4) is 0 Å². The van der Waals surface area contributed by atoms with E-state index in [2.05, 4.69) is 37.4 Å². The van der Waals surface area contributed by atoms with Crippen molar-refractivity contribution in [1.29, 1.82) is 0 Å². The average Bonchev–Trinajstić information content (AvgIpc) is 2.46. The maximum atomic E-state index is 12.0. The van der Waals surface area contributed by atoms with Crippen LogP contribution in [0.4, 0.5) is 0 Å². The zero-order valence-electron chi connectivity index (χ0n) is 14.1. The van der Waals surface area contributed by atoms with E-state index in [-0.39, 0.29) is 0 Å². The molecule has 0 spiro atoms. The van der Waals surface area contributed by atoms with E-state index in [4.69, 9.17) is 0 Å². The van der Waals surface area contributed by atoms with Crippen molar-refractivity contribution in [1.82, 2.24) is 9.62 Å². The van der Waals surface area contributed by atoms with Crippen molar-refractivity contribution in [2.24, 2.45) is 0 Å². The smallest absolute Gasteiger partial charge is 0.242 e. The molecule has 5 heteroatoms. The fourth-order valence-electron chi connectivity index (χ4n) is 2.51. The second kappa shape index (κ2) is 7.25. The zero-order valence-corrected chi connectivity index (χ0v) is 14.9. The van der Waals surface area contributed by atoms with Crippen LogP contribution in [0.25, 0.3) is 0 Å². The Bertz CT molecular complexity index is 746. The Kier molecular flexibility index (Phi) is 5.57. The van der Waals surface area contributed by atoms with Crippen molar-refractivity contribution < 1.29 is 8.42 Å². The van der Waals surface area contributed by atoms with E-state index in [1.165, 1.54) is 35.1 Å². The van der Waals surface area contributed by atoms with Crippen LogP contribution in [0.3, 0.4) is 0 Å². The summed E-state index contributed by atoms with van der Waals surface area (Å²) < 4.78 is 25.3. The summed E-state index contributed by atoms with van der Waals surface area (Å²) >= 11 is 0. The van der Waals surface area contributed by atoms with Gasteiger partial charge in [0.25, 0.3) is 0 Å². The molecule has 0 saturated heterocycles. The molecule has 4 nitrogen and oxygen atoms in total. The fraction of sp³-hybridized carbons (Fsp3) is 0.333. The van der Waals surface area contributed by atoms with Crippen LogP contribution in [-0.4, -0.2) is 26.8 Å². The van der Waals surface area contributed by atoms with Gasteiger partial charge in [0, 0.05) is 27.2 Å². The van der Waals surface area contributed by atoms with Crippen molar-refractivity contribution in [2.45, 2.75) is 31.8 Å². The number of rotatable bonds is 6. The second-order valence-corrected chi connectivity index (χ2v) is 8.18. The van der Waals surface area contributed by atoms with Gasteiger partial charge in [0.1, 0.15) is 0 Å². The summed E-state index contributed by atoms with van der Waals surface area (Å²) in [7, 11) is -0.281. The maximum absolute atomic E-state index is 12.0. The summed E-state index contributed by atoms with van der Waals surface area (Å²) in [6.07, 6.45) is 0. The Labute approximate surface area is 139 Å². The molecule has 0 atom stereocenters. The monoisotopic (exact) mass is 332 g/mol. The topological polar surface area (TPSA) is 49.4 Å². The van der Waals surface area contributed by atoms with Gasteiger partial charge in [-0.05, 0) is 37.1 Å². The lowest BCUT2D eigenvalue weighted by molar-refractivity contribution is 0.520. The van der Waals surface area contributed by atoms with E-state index in [9.17, 15) is 8.42 Å². The van der Waals surface area contributed by atoms with Gasteiger partial charge in [0.2, 0.25) is 10.0 Å². The molecule has 0 aliphatic rings. The number of hydrogen-bond donors (Lipinski definition) is 1. The Morgan fingerprint density at radius 1 is 0.870 bits per heavy atom. The number of nitrogens with one attached hydrogen (secondary N) is 1. The molecule has 0 aliphatic carbocycles. The minimum atomic E-state index is -3.35. The predicted molar refractivity (Wildman–Crippen MR) is 93.8 cm³/mol. The Morgan fingerprint density at radius 3 is 1.91 bits per heavy atom. The molecule has 1 N–H and O–H groups in total. The van der Waals surface area contributed by atoms with Crippen LogP contribution in [0.5, 0.6) is 0 Å². The molecule has 124 valence electrons. The highest BCUT2D eigenvalue weighted by Crippen LogP contribution is 2.14. The summed E-state index contributed by atoms with van der Waals surface area (Å²) in [5.41, 5.74) is 4.85. The molecule has 2 aromatic carbocycles. The quantitative estimate of drug-likeness (QED) is 0.885. The van der Waals surface area contributed by atoms with Crippen molar-refractivity contribution in [2.75, 3.05) is 14.1 Å². The number of nitrogens with zero attached hydrogens (tertiary/aromatic N) is 1. The second-order valence-electron chi connectivity index (χ2n) is 6.03. The Morgan fingerprint density at radius 2 is 1.39 bits per heavy atom.